The van der Waals surface area contributed by atoms with Crippen LogP contribution in [0.5, 0.6) is 0 Å². The molecule has 0 aliphatic heterocycles. The van der Waals surface area contributed by atoms with Crippen molar-refractivity contribution in [3.8, 4) is 0 Å². The SMILES string of the molecule is Cc1cc2oc(=O)cc(CC(=O)NN)c2cc1C. The van der Waals surface area contributed by atoms with Gasteiger partial charge in [0.05, 0.1) is 6.42 Å². The van der Waals surface area contributed by atoms with Gasteiger partial charge in [-0.1, -0.05) is 0 Å². The normalized spacial score (nSPS) is 10.6. The van der Waals surface area contributed by atoms with E-state index in [4.69, 9.17) is 10.3 Å². The van der Waals surface area contributed by atoms with Crippen LogP contribution in [0.15, 0.2) is 27.4 Å². The Morgan fingerprint density at radius 2 is 1.94 bits per heavy atom. The molecule has 1 aromatic heterocycles. The Morgan fingerprint density at radius 3 is 2.61 bits per heavy atom. The molecule has 0 aliphatic carbocycles. The van der Waals surface area contributed by atoms with Crippen molar-refractivity contribution >= 4 is 16.9 Å². The molecule has 0 spiro atoms. The number of nitrogens with two attached hydrogens (primary N) is 1. The summed E-state index contributed by atoms with van der Waals surface area (Å²) in [5.74, 6) is 4.71. The van der Waals surface area contributed by atoms with E-state index in [0.29, 0.717) is 11.1 Å². The lowest BCUT2D eigenvalue weighted by Crippen LogP contribution is -2.31. The van der Waals surface area contributed by atoms with Crippen LogP contribution >= 0.6 is 0 Å². The molecule has 2 rings (SSSR count). The molecule has 0 radical (unpaired) electrons. The zero-order valence-electron chi connectivity index (χ0n) is 10.2. The van der Waals surface area contributed by atoms with Gasteiger partial charge in [0.2, 0.25) is 5.91 Å². The molecular weight excluding hydrogens is 232 g/mol. The number of hydrogen-bond donors (Lipinski definition) is 2. The van der Waals surface area contributed by atoms with E-state index in [2.05, 4.69) is 5.43 Å². The zero-order chi connectivity index (χ0) is 13.3. The first-order chi connectivity index (χ1) is 8.51. The Kier molecular flexibility index (Phi) is 3.16. The number of aryl methyl sites for hydroxylation is 2. The van der Waals surface area contributed by atoms with Gasteiger partial charge in [-0.3, -0.25) is 10.2 Å². The minimum atomic E-state index is -0.467. The second-order valence-corrected chi connectivity index (χ2v) is 4.27. The molecule has 0 unspecified atom stereocenters. The Bertz CT molecular complexity index is 674. The molecule has 3 N–H and O–H groups in total. The lowest BCUT2D eigenvalue weighted by molar-refractivity contribution is -0.120. The summed E-state index contributed by atoms with van der Waals surface area (Å²) in [6, 6.07) is 5.04. The van der Waals surface area contributed by atoms with Gasteiger partial charge < -0.3 is 4.42 Å². The van der Waals surface area contributed by atoms with Gasteiger partial charge in [0, 0.05) is 11.5 Å². The van der Waals surface area contributed by atoms with Crippen molar-refractivity contribution in [2.24, 2.45) is 5.84 Å². The molecule has 1 heterocycles. The fourth-order valence-electron chi connectivity index (χ4n) is 1.85. The van der Waals surface area contributed by atoms with Gasteiger partial charge in [-0.25, -0.2) is 10.6 Å². The molecule has 94 valence electrons. The van der Waals surface area contributed by atoms with Gasteiger partial charge in [-0.15, -0.1) is 0 Å². The number of fused-ring (bicyclic) bond motifs is 1. The van der Waals surface area contributed by atoms with Crippen molar-refractivity contribution in [2.75, 3.05) is 0 Å². The monoisotopic (exact) mass is 246 g/mol. The summed E-state index contributed by atoms with van der Waals surface area (Å²) in [7, 11) is 0. The molecule has 1 aromatic carbocycles. The van der Waals surface area contributed by atoms with E-state index in [1.165, 1.54) is 6.07 Å². The van der Waals surface area contributed by atoms with E-state index in [1.54, 1.807) is 6.07 Å². The van der Waals surface area contributed by atoms with Gasteiger partial charge in [0.15, 0.2) is 0 Å². The highest BCUT2D eigenvalue weighted by Gasteiger charge is 2.10. The summed E-state index contributed by atoms with van der Waals surface area (Å²) in [5.41, 5.74) is 4.80. The Morgan fingerprint density at radius 1 is 1.28 bits per heavy atom. The first kappa shape index (κ1) is 12.3. The van der Waals surface area contributed by atoms with Crippen LogP contribution in [-0.4, -0.2) is 5.91 Å². The number of nitrogens with one attached hydrogen (secondary N) is 1. The molecule has 0 aliphatic rings. The molecule has 18 heavy (non-hydrogen) atoms. The molecule has 5 heteroatoms. The maximum absolute atomic E-state index is 11.4. The summed E-state index contributed by atoms with van der Waals surface area (Å²) < 4.78 is 5.13. The summed E-state index contributed by atoms with van der Waals surface area (Å²) in [6.07, 6.45) is 0.0566. The third-order valence-corrected chi connectivity index (χ3v) is 2.96. The standard InChI is InChI=1S/C13H14N2O3/c1-7-3-10-9(5-12(16)15-14)6-13(17)18-11(10)4-8(7)2/h3-4,6H,5,14H2,1-2H3,(H,15,16). The van der Waals surface area contributed by atoms with E-state index in [1.807, 2.05) is 19.9 Å². The number of rotatable bonds is 2. The summed E-state index contributed by atoms with van der Waals surface area (Å²) in [5, 5.41) is 0.765. The zero-order valence-corrected chi connectivity index (χ0v) is 10.2. The molecular formula is C13H14N2O3. The van der Waals surface area contributed by atoms with E-state index in [-0.39, 0.29) is 12.3 Å². The maximum atomic E-state index is 11.4. The van der Waals surface area contributed by atoms with Crippen molar-refractivity contribution in [3.63, 3.8) is 0 Å². The van der Waals surface area contributed by atoms with Gasteiger partial charge in [-0.05, 0) is 42.7 Å². The fraction of sp³-hybridized carbons (Fsp3) is 0.231. The minimum Gasteiger partial charge on any atom is -0.423 e. The molecule has 0 bridgehead atoms. The summed E-state index contributed by atoms with van der Waals surface area (Å²) >= 11 is 0. The molecule has 5 nitrogen and oxygen atoms in total. The molecule has 1 amide bonds. The van der Waals surface area contributed by atoms with E-state index < -0.39 is 5.63 Å². The van der Waals surface area contributed by atoms with Gasteiger partial charge in [-0.2, -0.15) is 0 Å². The fourth-order valence-corrected chi connectivity index (χ4v) is 1.85. The van der Waals surface area contributed by atoms with Gasteiger partial charge in [0.1, 0.15) is 5.58 Å². The molecule has 2 aromatic rings. The van der Waals surface area contributed by atoms with Gasteiger partial charge in [0.25, 0.3) is 0 Å². The van der Waals surface area contributed by atoms with Gasteiger partial charge >= 0.3 is 5.63 Å². The Labute approximate surface area is 104 Å². The highest BCUT2D eigenvalue weighted by Crippen LogP contribution is 2.21. The van der Waals surface area contributed by atoms with Crippen LogP contribution in [0.4, 0.5) is 0 Å². The van der Waals surface area contributed by atoms with Crippen molar-refractivity contribution in [2.45, 2.75) is 20.3 Å². The molecule has 0 saturated heterocycles. The second kappa shape index (κ2) is 4.62. The van der Waals surface area contributed by atoms with Crippen molar-refractivity contribution < 1.29 is 9.21 Å². The summed E-state index contributed by atoms with van der Waals surface area (Å²) in [4.78, 5) is 22.8. The molecule has 0 atom stereocenters. The summed E-state index contributed by atoms with van der Waals surface area (Å²) in [6.45, 7) is 3.90. The third kappa shape index (κ3) is 2.26. The van der Waals surface area contributed by atoms with E-state index in [0.717, 1.165) is 16.5 Å². The predicted molar refractivity (Wildman–Crippen MR) is 68.0 cm³/mol. The van der Waals surface area contributed by atoms with Crippen LogP contribution in [-0.2, 0) is 11.2 Å². The number of hydrazine groups is 1. The number of benzene rings is 1. The van der Waals surface area contributed by atoms with Crippen molar-refractivity contribution in [1.82, 2.24) is 5.43 Å². The molecule has 0 saturated carbocycles. The Hall–Kier alpha value is -2.14. The van der Waals surface area contributed by atoms with Crippen LogP contribution in [0, 0.1) is 13.8 Å². The predicted octanol–water partition coefficient (Wildman–Crippen LogP) is 0.942. The Balaban J connectivity index is 2.68. The maximum Gasteiger partial charge on any atom is 0.336 e. The number of hydrogen-bond acceptors (Lipinski definition) is 4. The minimum absolute atomic E-state index is 0.0566. The molecule has 0 fully saturated rings. The van der Waals surface area contributed by atoms with E-state index >= 15 is 0 Å². The van der Waals surface area contributed by atoms with Crippen LogP contribution in [0.2, 0.25) is 0 Å². The van der Waals surface area contributed by atoms with Crippen LogP contribution in [0.25, 0.3) is 11.0 Å². The average molecular weight is 246 g/mol. The second-order valence-electron chi connectivity index (χ2n) is 4.27. The highest BCUT2D eigenvalue weighted by atomic mass is 16.4. The van der Waals surface area contributed by atoms with E-state index in [9.17, 15) is 9.59 Å². The average Bonchev–Trinajstić information content (AvgIpc) is 2.31. The van der Waals surface area contributed by atoms with Crippen LogP contribution in [0.1, 0.15) is 16.7 Å². The lowest BCUT2D eigenvalue weighted by Gasteiger charge is -2.07. The smallest absolute Gasteiger partial charge is 0.336 e. The van der Waals surface area contributed by atoms with Crippen molar-refractivity contribution in [1.29, 1.82) is 0 Å². The van der Waals surface area contributed by atoms with Crippen LogP contribution in [0.3, 0.4) is 0 Å². The first-order valence-electron chi connectivity index (χ1n) is 5.54. The van der Waals surface area contributed by atoms with Crippen molar-refractivity contribution in [3.05, 3.63) is 45.3 Å². The number of carbonyl (C=O) groups is 1. The first-order valence-corrected chi connectivity index (χ1v) is 5.54. The van der Waals surface area contributed by atoms with Crippen LogP contribution < -0.4 is 16.9 Å². The quantitative estimate of drug-likeness (QED) is 0.357. The topological polar surface area (TPSA) is 85.3 Å². The lowest BCUT2D eigenvalue weighted by atomic mass is 10.0. The number of amides is 1. The highest BCUT2D eigenvalue weighted by molar-refractivity contribution is 5.87. The largest absolute Gasteiger partial charge is 0.423 e. The number of carbonyl (C=O) groups excluding carboxylic acids is 1. The third-order valence-electron chi connectivity index (χ3n) is 2.96.